The number of carbonyl (C=O) groups excluding carboxylic acids is 6. The van der Waals surface area contributed by atoms with Crippen molar-refractivity contribution >= 4 is 54.0 Å². The Labute approximate surface area is 278 Å². The van der Waals surface area contributed by atoms with E-state index >= 15 is 0 Å². The number of rotatable bonds is 19. The highest BCUT2D eigenvalue weighted by molar-refractivity contribution is 7.80. The fourth-order valence-electron chi connectivity index (χ4n) is 4.27. The molecule has 0 aliphatic carbocycles. The maximum absolute atomic E-state index is 13.6. The average molecular weight is 682 g/mol. The second-order valence-electron chi connectivity index (χ2n) is 11.9. The normalized spacial score (nSPS) is 14.9. The summed E-state index contributed by atoms with van der Waals surface area (Å²) in [5.41, 5.74) is 11.7. The molecular formula is C30H47N7O9S. The van der Waals surface area contributed by atoms with E-state index in [1.165, 1.54) is 31.2 Å². The van der Waals surface area contributed by atoms with Crippen LogP contribution in [-0.2, 0) is 40.0 Å². The third-order valence-corrected chi connectivity index (χ3v) is 7.27. The first-order valence-corrected chi connectivity index (χ1v) is 15.7. The summed E-state index contributed by atoms with van der Waals surface area (Å²) >= 11 is 4.16. The third kappa shape index (κ3) is 14.3. The average Bonchev–Trinajstić information content (AvgIpc) is 2.97. The predicted molar refractivity (Wildman–Crippen MR) is 175 cm³/mol. The Hall–Kier alpha value is -4.38. The lowest BCUT2D eigenvalue weighted by molar-refractivity contribution is -0.142. The lowest BCUT2D eigenvalue weighted by atomic mass is 10.0. The van der Waals surface area contributed by atoms with Gasteiger partial charge < -0.3 is 48.3 Å². The fraction of sp³-hybridized carbons (Fsp3) is 0.567. The summed E-state index contributed by atoms with van der Waals surface area (Å²) in [6.07, 6.45) is -0.443. The molecule has 1 aromatic rings. The van der Waals surface area contributed by atoms with Crippen LogP contribution >= 0.6 is 12.6 Å². The maximum atomic E-state index is 13.6. The van der Waals surface area contributed by atoms with Gasteiger partial charge in [0.05, 0.1) is 12.5 Å². The molecule has 0 aliphatic rings. The molecule has 0 fully saturated rings. The number of carboxylic acids is 1. The van der Waals surface area contributed by atoms with E-state index in [-0.39, 0.29) is 23.8 Å². The van der Waals surface area contributed by atoms with Crippen molar-refractivity contribution in [2.24, 2.45) is 23.3 Å². The lowest BCUT2D eigenvalue weighted by Gasteiger charge is -2.27. The minimum absolute atomic E-state index is 0.0472. The van der Waals surface area contributed by atoms with E-state index in [0.29, 0.717) is 12.0 Å². The second-order valence-corrected chi connectivity index (χ2v) is 12.3. The van der Waals surface area contributed by atoms with Gasteiger partial charge in [0.2, 0.25) is 35.4 Å². The number of phenolic OH excluding ortho intramolecular Hbond substituents is 1. The Kier molecular flexibility index (Phi) is 16.7. The van der Waals surface area contributed by atoms with Gasteiger partial charge in [-0.05, 0) is 42.9 Å². The van der Waals surface area contributed by atoms with Crippen LogP contribution in [-0.4, -0.2) is 93.6 Å². The maximum Gasteiger partial charge on any atom is 0.325 e. The zero-order valence-electron chi connectivity index (χ0n) is 27.1. The van der Waals surface area contributed by atoms with Crippen LogP contribution in [0.3, 0.4) is 0 Å². The van der Waals surface area contributed by atoms with Crippen molar-refractivity contribution in [3.05, 3.63) is 29.8 Å². The van der Waals surface area contributed by atoms with Crippen molar-refractivity contribution in [1.82, 2.24) is 26.6 Å². The van der Waals surface area contributed by atoms with Gasteiger partial charge in [0.15, 0.2) is 0 Å². The van der Waals surface area contributed by atoms with Gasteiger partial charge in [-0.2, -0.15) is 12.6 Å². The highest BCUT2D eigenvalue weighted by Crippen LogP contribution is 2.13. The van der Waals surface area contributed by atoms with Gasteiger partial charge in [0.25, 0.3) is 0 Å². The van der Waals surface area contributed by atoms with E-state index in [1.807, 2.05) is 13.8 Å². The SMILES string of the molecule is CC(C)C[C@H](N)C(=O)N[C@@H](CC(N)=O)C(=O)N[C@@H](Cc1ccc(O)cc1)C(=O)N[C@@H](CS)C(=O)N[C@H](C(=O)N[C@@H](C)C(=O)O)C(C)C. The first kappa shape index (κ1) is 40.6. The van der Waals surface area contributed by atoms with Crippen LogP contribution < -0.4 is 38.1 Å². The number of benzene rings is 1. The lowest BCUT2D eigenvalue weighted by Crippen LogP contribution is -2.60. The summed E-state index contributed by atoms with van der Waals surface area (Å²) in [6, 6.07) is -1.79. The Morgan fingerprint density at radius 3 is 1.74 bits per heavy atom. The number of hydrogen-bond donors (Lipinski definition) is 10. The van der Waals surface area contributed by atoms with Gasteiger partial charge in [0.1, 0.15) is 36.0 Å². The number of carbonyl (C=O) groups is 7. The smallest absolute Gasteiger partial charge is 0.325 e. The zero-order chi connectivity index (χ0) is 36.0. The van der Waals surface area contributed by atoms with E-state index in [0.717, 1.165) is 0 Å². The number of amides is 6. The first-order valence-electron chi connectivity index (χ1n) is 15.0. The van der Waals surface area contributed by atoms with Crippen LogP contribution in [0.4, 0.5) is 0 Å². The summed E-state index contributed by atoms with van der Waals surface area (Å²) in [6.45, 7) is 8.22. The molecule has 0 saturated heterocycles. The quantitative estimate of drug-likeness (QED) is 0.0739. The Balaban J connectivity index is 3.25. The minimum atomic E-state index is -1.48. The summed E-state index contributed by atoms with van der Waals surface area (Å²) < 4.78 is 0. The molecular weight excluding hydrogens is 634 g/mol. The molecule has 0 heterocycles. The second kappa shape index (κ2) is 19.3. The molecule has 0 aliphatic heterocycles. The number of thiol groups is 1. The van der Waals surface area contributed by atoms with Gasteiger partial charge >= 0.3 is 5.97 Å². The molecule has 0 spiro atoms. The molecule has 6 amide bonds. The molecule has 47 heavy (non-hydrogen) atoms. The van der Waals surface area contributed by atoms with E-state index in [1.54, 1.807) is 13.8 Å². The van der Waals surface area contributed by atoms with Gasteiger partial charge in [0, 0.05) is 12.2 Å². The Bertz CT molecular complexity index is 1280. The summed E-state index contributed by atoms with van der Waals surface area (Å²) in [7, 11) is 0. The van der Waals surface area contributed by atoms with Crippen molar-refractivity contribution in [1.29, 1.82) is 0 Å². The number of primary amides is 1. The molecule has 11 N–H and O–H groups in total. The number of phenols is 1. The first-order chi connectivity index (χ1) is 21.9. The van der Waals surface area contributed by atoms with Crippen molar-refractivity contribution in [2.45, 2.75) is 90.1 Å². The van der Waals surface area contributed by atoms with Gasteiger partial charge in [-0.1, -0.05) is 39.8 Å². The molecule has 0 saturated carbocycles. The monoisotopic (exact) mass is 681 g/mol. The van der Waals surface area contributed by atoms with E-state index < -0.39 is 90.0 Å². The third-order valence-electron chi connectivity index (χ3n) is 6.90. The van der Waals surface area contributed by atoms with Gasteiger partial charge in [-0.25, -0.2) is 0 Å². The largest absolute Gasteiger partial charge is 0.508 e. The van der Waals surface area contributed by atoms with E-state index in [4.69, 9.17) is 16.6 Å². The van der Waals surface area contributed by atoms with Crippen LogP contribution in [0.15, 0.2) is 24.3 Å². The minimum Gasteiger partial charge on any atom is -0.508 e. The molecule has 16 nitrogen and oxygen atoms in total. The highest BCUT2D eigenvalue weighted by atomic mass is 32.1. The van der Waals surface area contributed by atoms with Crippen LogP contribution in [0.5, 0.6) is 5.75 Å². The summed E-state index contributed by atoms with van der Waals surface area (Å²) in [5, 5.41) is 31.0. The predicted octanol–water partition coefficient (Wildman–Crippen LogP) is -1.70. The molecule has 0 radical (unpaired) electrons. The van der Waals surface area contributed by atoms with Crippen molar-refractivity contribution < 1.29 is 43.8 Å². The van der Waals surface area contributed by atoms with Crippen LogP contribution in [0.25, 0.3) is 0 Å². The highest BCUT2D eigenvalue weighted by Gasteiger charge is 2.33. The van der Waals surface area contributed by atoms with Crippen molar-refractivity contribution in [3.63, 3.8) is 0 Å². The molecule has 1 aromatic carbocycles. The van der Waals surface area contributed by atoms with Crippen LogP contribution in [0, 0.1) is 11.8 Å². The number of carboxylic acid groups (broad SMARTS) is 1. The number of nitrogens with two attached hydrogens (primary N) is 2. The molecule has 17 heteroatoms. The molecule has 0 bridgehead atoms. The number of nitrogens with one attached hydrogen (secondary N) is 5. The molecule has 0 aromatic heterocycles. The summed E-state index contributed by atoms with van der Waals surface area (Å²) in [4.78, 5) is 88.4. The van der Waals surface area contributed by atoms with E-state index in [2.05, 4.69) is 39.2 Å². The molecule has 0 unspecified atom stereocenters. The zero-order valence-corrected chi connectivity index (χ0v) is 28.0. The van der Waals surface area contributed by atoms with Crippen molar-refractivity contribution in [2.75, 3.05) is 5.75 Å². The van der Waals surface area contributed by atoms with Crippen molar-refractivity contribution in [3.8, 4) is 5.75 Å². The summed E-state index contributed by atoms with van der Waals surface area (Å²) in [5.74, 6) is -6.91. The van der Waals surface area contributed by atoms with Crippen LogP contribution in [0.2, 0.25) is 0 Å². The van der Waals surface area contributed by atoms with E-state index in [9.17, 15) is 38.7 Å². The molecule has 262 valence electrons. The number of aromatic hydroxyl groups is 1. The topological polar surface area (TPSA) is 272 Å². The van der Waals surface area contributed by atoms with Gasteiger partial charge in [-0.3, -0.25) is 33.6 Å². The fourth-order valence-corrected chi connectivity index (χ4v) is 4.53. The Morgan fingerprint density at radius 2 is 1.26 bits per heavy atom. The number of hydrogen-bond acceptors (Lipinski definition) is 10. The van der Waals surface area contributed by atoms with Gasteiger partial charge in [-0.15, -0.1) is 0 Å². The standard InChI is InChI=1S/C30H47N7O9S/c1-14(2)10-19(31)25(40)34-21(12-23(32)39)27(42)35-20(11-17-6-8-18(38)9-7-17)26(41)36-22(13-47)28(43)37-24(15(3)4)29(44)33-16(5)30(45)46/h6-9,14-16,19-22,24,38,47H,10-13,31H2,1-5H3,(H2,32,39)(H,33,44)(H,34,40)(H,35,42)(H,36,41)(H,37,43)(H,45,46)/t16-,19-,20-,21-,22-,24-/m0/s1. The molecule has 1 rings (SSSR count). The Morgan fingerprint density at radius 1 is 0.745 bits per heavy atom. The number of aliphatic carboxylic acids is 1. The van der Waals surface area contributed by atoms with Crippen LogP contribution in [0.1, 0.15) is 53.0 Å². The molecule has 6 atom stereocenters.